The average Bonchev–Trinajstić information content (AvgIpc) is 3.26. The minimum atomic E-state index is 0. The van der Waals surface area contributed by atoms with Crippen LogP contribution in [0.2, 0.25) is 0 Å². The molecule has 1 aliphatic rings. The topological polar surface area (TPSA) is 66.1 Å². The number of rotatable bonds is 9. The van der Waals surface area contributed by atoms with Crippen molar-refractivity contribution in [2.75, 3.05) is 45.9 Å². The Kier molecular flexibility index (Phi) is 11.2. The van der Waals surface area contributed by atoms with Gasteiger partial charge < -0.3 is 19.5 Å². The van der Waals surface area contributed by atoms with Crippen molar-refractivity contribution in [1.29, 1.82) is 0 Å². The number of guanidine groups is 1. The van der Waals surface area contributed by atoms with Crippen LogP contribution in [-0.2, 0) is 17.9 Å². The van der Waals surface area contributed by atoms with E-state index in [1.165, 1.54) is 5.56 Å². The minimum Gasteiger partial charge on any atom is -0.376 e. The zero-order valence-corrected chi connectivity index (χ0v) is 20.3. The molecular formula is C22H34IN5O2. The van der Waals surface area contributed by atoms with Gasteiger partial charge in [0.1, 0.15) is 6.26 Å². The lowest BCUT2D eigenvalue weighted by Crippen LogP contribution is -2.52. The van der Waals surface area contributed by atoms with Gasteiger partial charge in [-0.2, -0.15) is 0 Å². The first-order valence-electron chi connectivity index (χ1n) is 10.5. The summed E-state index contributed by atoms with van der Waals surface area (Å²) in [6.07, 6.45) is 1.63. The second-order valence-electron chi connectivity index (χ2n) is 7.55. The molecular weight excluding hydrogens is 493 g/mol. The zero-order valence-electron chi connectivity index (χ0n) is 18.0. The highest BCUT2D eigenvalue weighted by Crippen LogP contribution is 2.08. The van der Waals surface area contributed by atoms with Gasteiger partial charge in [-0.1, -0.05) is 42.4 Å². The molecule has 0 radical (unpaired) electrons. The van der Waals surface area contributed by atoms with E-state index in [9.17, 15) is 0 Å². The molecule has 166 valence electrons. The van der Waals surface area contributed by atoms with Crippen molar-refractivity contribution in [3.63, 3.8) is 0 Å². The summed E-state index contributed by atoms with van der Waals surface area (Å²) in [5.41, 5.74) is 2.20. The molecule has 1 aromatic carbocycles. The summed E-state index contributed by atoms with van der Waals surface area (Å²) in [6.45, 7) is 12.1. The Hall–Kier alpha value is -1.65. The molecule has 1 saturated heterocycles. The number of piperazine rings is 1. The van der Waals surface area contributed by atoms with Crippen LogP contribution in [0.3, 0.4) is 0 Å². The van der Waals surface area contributed by atoms with Gasteiger partial charge in [-0.3, -0.25) is 9.89 Å². The largest absolute Gasteiger partial charge is 0.376 e. The monoisotopic (exact) mass is 527 g/mol. The predicted octanol–water partition coefficient (Wildman–Crippen LogP) is 3.23. The molecule has 1 N–H and O–H groups in total. The molecule has 1 atom stereocenters. The van der Waals surface area contributed by atoms with E-state index in [1.807, 2.05) is 24.3 Å². The number of nitrogens with zero attached hydrogens (tertiary/aromatic N) is 4. The smallest absolute Gasteiger partial charge is 0.194 e. The van der Waals surface area contributed by atoms with Crippen LogP contribution in [0.4, 0.5) is 0 Å². The van der Waals surface area contributed by atoms with Crippen molar-refractivity contribution < 1.29 is 9.26 Å². The third kappa shape index (κ3) is 8.23. The molecule has 1 fully saturated rings. The van der Waals surface area contributed by atoms with E-state index in [4.69, 9.17) is 14.3 Å². The maximum atomic E-state index is 5.86. The number of benzene rings is 1. The molecule has 0 bridgehead atoms. The summed E-state index contributed by atoms with van der Waals surface area (Å²) in [6, 6.07) is 12.2. The van der Waals surface area contributed by atoms with Gasteiger partial charge in [-0.05, 0) is 18.4 Å². The quantitative estimate of drug-likeness (QED) is 0.307. The van der Waals surface area contributed by atoms with E-state index < -0.39 is 0 Å². The van der Waals surface area contributed by atoms with E-state index in [-0.39, 0.29) is 24.0 Å². The van der Waals surface area contributed by atoms with Gasteiger partial charge in [0.2, 0.25) is 0 Å². The van der Waals surface area contributed by atoms with Crippen LogP contribution in [0.5, 0.6) is 0 Å². The summed E-state index contributed by atoms with van der Waals surface area (Å²) in [7, 11) is 0. The molecule has 2 aromatic rings. The SMILES string of the molecule is CCNC(=NCC(C)COCc1ccccc1)N1CCN(Cc2ccon2)CC1.I. The fourth-order valence-corrected chi connectivity index (χ4v) is 3.34. The highest BCUT2D eigenvalue weighted by Gasteiger charge is 2.20. The zero-order chi connectivity index (χ0) is 20.3. The number of aromatic nitrogens is 1. The second kappa shape index (κ2) is 13.6. The van der Waals surface area contributed by atoms with Crippen LogP contribution in [0.15, 0.2) is 52.2 Å². The molecule has 1 aromatic heterocycles. The molecule has 1 aliphatic heterocycles. The van der Waals surface area contributed by atoms with Crippen LogP contribution in [0, 0.1) is 5.92 Å². The van der Waals surface area contributed by atoms with E-state index in [1.54, 1.807) is 6.26 Å². The van der Waals surface area contributed by atoms with Crippen LogP contribution in [-0.4, -0.2) is 66.8 Å². The fourth-order valence-electron chi connectivity index (χ4n) is 3.34. The third-order valence-electron chi connectivity index (χ3n) is 4.95. The maximum Gasteiger partial charge on any atom is 0.194 e. The Morgan fingerprint density at radius 3 is 2.63 bits per heavy atom. The first-order chi connectivity index (χ1) is 14.2. The van der Waals surface area contributed by atoms with Crippen molar-refractivity contribution in [2.45, 2.75) is 27.0 Å². The van der Waals surface area contributed by atoms with E-state index in [2.05, 4.69) is 46.3 Å². The molecule has 30 heavy (non-hydrogen) atoms. The highest BCUT2D eigenvalue weighted by atomic mass is 127. The van der Waals surface area contributed by atoms with Crippen LogP contribution in [0.1, 0.15) is 25.1 Å². The molecule has 0 amide bonds. The van der Waals surface area contributed by atoms with E-state index >= 15 is 0 Å². The lowest BCUT2D eigenvalue weighted by atomic mass is 10.2. The van der Waals surface area contributed by atoms with Gasteiger partial charge in [-0.15, -0.1) is 24.0 Å². The predicted molar refractivity (Wildman–Crippen MR) is 130 cm³/mol. The molecule has 0 saturated carbocycles. The standard InChI is InChI=1S/C22H33N5O2.HI/c1-3-23-22(24-15-19(2)17-28-18-20-7-5-4-6-8-20)27-12-10-26(11-13-27)16-21-9-14-29-25-21;/h4-9,14,19H,3,10-13,15-18H2,1-2H3,(H,23,24);1H. The van der Waals surface area contributed by atoms with Crippen molar-refractivity contribution in [1.82, 2.24) is 20.3 Å². The number of aliphatic imine (C=N–C) groups is 1. The molecule has 7 nitrogen and oxygen atoms in total. The number of hydrogen-bond acceptors (Lipinski definition) is 5. The maximum absolute atomic E-state index is 5.86. The van der Waals surface area contributed by atoms with Crippen LogP contribution < -0.4 is 5.32 Å². The van der Waals surface area contributed by atoms with Gasteiger partial charge in [0.05, 0.1) is 18.9 Å². The fraction of sp³-hybridized carbons (Fsp3) is 0.545. The Morgan fingerprint density at radius 1 is 1.20 bits per heavy atom. The molecule has 8 heteroatoms. The number of hydrogen-bond donors (Lipinski definition) is 1. The first kappa shape index (κ1) is 24.6. The van der Waals surface area contributed by atoms with Crippen molar-refractivity contribution >= 4 is 29.9 Å². The molecule has 0 spiro atoms. The van der Waals surface area contributed by atoms with Crippen molar-refractivity contribution in [3.05, 3.63) is 53.9 Å². The van der Waals surface area contributed by atoms with Crippen LogP contribution >= 0.6 is 24.0 Å². The van der Waals surface area contributed by atoms with Gasteiger partial charge in [0.25, 0.3) is 0 Å². The summed E-state index contributed by atoms with van der Waals surface area (Å²) < 4.78 is 10.8. The second-order valence-corrected chi connectivity index (χ2v) is 7.55. The number of ether oxygens (including phenoxy) is 1. The van der Waals surface area contributed by atoms with Crippen molar-refractivity contribution in [2.24, 2.45) is 10.9 Å². The Morgan fingerprint density at radius 2 is 1.97 bits per heavy atom. The first-order valence-corrected chi connectivity index (χ1v) is 10.5. The van der Waals surface area contributed by atoms with Gasteiger partial charge in [-0.25, -0.2) is 0 Å². The molecule has 2 heterocycles. The lowest BCUT2D eigenvalue weighted by molar-refractivity contribution is 0.0943. The van der Waals surface area contributed by atoms with Gasteiger partial charge in [0.15, 0.2) is 5.96 Å². The third-order valence-corrected chi connectivity index (χ3v) is 4.95. The molecule has 3 rings (SSSR count). The Labute approximate surface area is 196 Å². The highest BCUT2D eigenvalue weighted by molar-refractivity contribution is 14.0. The van der Waals surface area contributed by atoms with Gasteiger partial charge >= 0.3 is 0 Å². The average molecular weight is 527 g/mol. The summed E-state index contributed by atoms with van der Waals surface area (Å²) in [5, 5.41) is 7.45. The summed E-state index contributed by atoms with van der Waals surface area (Å²) in [5.74, 6) is 1.38. The minimum absolute atomic E-state index is 0. The van der Waals surface area contributed by atoms with Gasteiger partial charge in [0, 0.05) is 51.9 Å². The van der Waals surface area contributed by atoms with E-state index in [0.717, 1.165) is 57.5 Å². The summed E-state index contributed by atoms with van der Waals surface area (Å²) >= 11 is 0. The molecule has 1 unspecified atom stereocenters. The number of nitrogens with one attached hydrogen (secondary N) is 1. The molecule has 0 aliphatic carbocycles. The van der Waals surface area contributed by atoms with E-state index in [0.29, 0.717) is 19.1 Å². The number of halogens is 1. The van der Waals surface area contributed by atoms with Crippen molar-refractivity contribution in [3.8, 4) is 0 Å². The Bertz CT molecular complexity index is 718. The normalized spacial score (nSPS) is 16.2. The lowest BCUT2D eigenvalue weighted by Gasteiger charge is -2.36. The van der Waals surface area contributed by atoms with Crippen LogP contribution in [0.25, 0.3) is 0 Å². The summed E-state index contributed by atoms with van der Waals surface area (Å²) in [4.78, 5) is 9.62. The Balaban J connectivity index is 0.00000320.